The number of carbonyl (C=O) groups excluding carboxylic acids is 5. The van der Waals surface area contributed by atoms with Crippen LogP contribution in [0.25, 0.3) is 20.9 Å². The highest BCUT2D eigenvalue weighted by Crippen LogP contribution is 2.33. The number of nitrogens with zero attached hydrogens (tertiary/aromatic N) is 4. The number of hydrogen-bond acceptors (Lipinski definition) is 16. The van der Waals surface area contributed by atoms with Gasteiger partial charge in [0.25, 0.3) is 5.91 Å². The number of aliphatic hydroxyl groups excluding tert-OH is 2. The fraction of sp³-hybridized carbons (Fsp3) is 0.521. The summed E-state index contributed by atoms with van der Waals surface area (Å²) in [6.45, 7) is 19.3. The number of hydroxylamine groups is 1. The maximum Gasteiger partial charge on any atom is 0.277 e. The Morgan fingerprint density at radius 3 is 1.50 bits per heavy atom. The molecule has 2 aliphatic heterocycles. The van der Waals surface area contributed by atoms with Gasteiger partial charge in [-0.05, 0) is 145 Å². The van der Waals surface area contributed by atoms with Gasteiger partial charge in [0.1, 0.15) is 17.9 Å². The highest BCUT2D eigenvalue weighted by Gasteiger charge is 2.45. The van der Waals surface area contributed by atoms with Crippen LogP contribution < -0.4 is 37.8 Å². The second-order valence-electron chi connectivity index (χ2n) is 27.5. The van der Waals surface area contributed by atoms with E-state index in [9.17, 15) is 47.4 Å². The van der Waals surface area contributed by atoms with Crippen molar-refractivity contribution in [3.05, 3.63) is 139 Å². The van der Waals surface area contributed by atoms with Crippen LogP contribution in [0.5, 0.6) is 0 Å². The highest BCUT2D eigenvalue weighted by molar-refractivity contribution is 14.1. The van der Waals surface area contributed by atoms with E-state index in [0.717, 1.165) is 133 Å². The van der Waals surface area contributed by atoms with E-state index < -0.39 is 70.8 Å². The summed E-state index contributed by atoms with van der Waals surface area (Å²) in [5.41, 5.74) is 16.0. The molecule has 0 radical (unpaired) electrons. The zero-order valence-corrected chi connectivity index (χ0v) is 61.5. The molecule has 6 atom stereocenters. The van der Waals surface area contributed by atoms with E-state index in [4.69, 9.17) is 10.6 Å². The van der Waals surface area contributed by atoms with Crippen molar-refractivity contribution in [3.8, 4) is 20.9 Å². The minimum absolute atomic E-state index is 0.104. The molecule has 10 N–H and O–H groups in total. The lowest BCUT2D eigenvalue weighted by Gasteiger charge is -2.35. The number of aliphatic hydroxyl groups is 2. The molecule has 0 saturated carbocycles. The number of benzene rings is 4. The van der Waals surface area contributed by atoms with Crippen molar-refractivity contribution in [1.82, 2.24) is 46.5 Å². The molecule has 2 saturated heterocycles. The Morgan fingerprint density at radius 2 is 1.07 bits per heavy atom. The first kappa shape index (κ1) is 78.9. The van der Waals surface area contributed by atoms with E-state index in [0.29, 0.717) is 36.2 Å². The quantitative estimate of drug-likeness (QED) is 0.0105. The van der Waals surface area contributed by atoms with Gasteiger partial charge in [-0.2, -0.15) is 0 Å². The van der Waals surface area contributed by atoms with Crippen LogP contribution in [0.4, 0.5) is 24.5 Å². The molecule has 2 aliphatic rings. The fourth-order valence-electron chi connectivity index (χ4n) is 12.0. The molecular formula is C73H99F3IN11O8S2. The molecule has 2 aromatic heterocycles. The first-order valence-corrected chi connectivity index (χ1v) is 36.9. The number of amides is 5. The summed E-state index contributed by atoms with van der Waals surface area (Å²) in [7, 11) is 0. The van der Waals surface area contributed by atoms with E-state index >= 15 is 0 Å². The summed E-state index contributed by atoms with van der Waals surface area (Å²) < 4.78 is 43.7. The number of thiazole rings is 2. The van der Waals surface area contributed by atoms with Gasteiger partial charge in [0, 0.05) is 42.6 Å². The van der Waals surface area contributed by atoms with Crippen molar-refractivity contribution in [2.75, 3.05) is 44.6 Å². The predicted octanol–water partition coefficient (Wildman–Crippen LogP) is 12.2. The van der Waals surface area contributed by atoms with Crippen LogP contribution >= 0.6 is 45.3 Å². The summed E-state index contributed by atoms with van der Waals surface area (Å²) in [5, 5.41) is 36.3. The van der Waals surface area contributed by atoms with Crippen molar-refractivity contribution < 1.29 is 52.2 Å². The fourth-order valence-corrected chi connectivity index (χ4v) is 14.1. The molecule has 19 nitrogen and oxygen atoms in total. The lowest BCUT2D eigenvalue weighted by atomic mass is 9.85. The average molecular weight is 1510 g/mol. The minimum atomic E-state index is -1.31. The molecule has 6 aromatic rings. The number of hydrogen-bond donors (Lipinski definition) is 9. The Balaban J connectivity index is 0.000000311. The number of nitrogens with two attached hydrogens (primary N) is 1. The van der Waals surface area contributed by atoms with Gasteiger partial charge in [-0.15, -0.1) is 22.7 Å². The van der Waals surface area contributed by atoms with Crippen LogP contribution in [0, 0.1) is 45.7 Å². The minimum Gasteiger partial charge on any atom is -0.391 e. The van der Waals surface area contributed by atoms with Gasteiger partial charge < -0.3 is 52.3 Å². The van der Waals surface area contributed by atoms with Gasteiger partial charge in [0.2, 0.25) is 23.6 Å². The zero-order chi connectivity index (χ0) is 71.1. The molecule has 25 heteroatoms. The average Bonchev–Trinajstić information content (AvgIpc) is 1.50. The van der Waals surface area contributed by atoms with Gasteiger partial charge in [-0.25, -0.2) is 28.6 Å². The molecule has 0 bridgehead atoms. The van der Waals surface area contributed by atoms with Crippen LogP contribution in [-0.4, -0.2) is 135 Å². The predicted molar refractivity (Wildman–Crippen MR) is 390 cm³/mol. The van der Waals surface area contributed by atoms with Gasteiger partial charge in [0.15, 0.2) is 11.6 Å². The maximum atomic E-state index is 14.7. The molecule has 0 spiro atoms. The second kappa shape index (κ2) is 38.4. The van der Waals surface area contributed by atoms with Crippen LogP contribution in [0.3, 0.4) is 0 Å². The molecule has 5 amide bonds. The zero-order valence-electron chi connectivity index (χ0n) is 57.7. The largest absolute Gasteiger partial charge is 0.391 e. The summed E-state index contributed by atoms with van der Waals surface area (Å²) >= 11 is 5.12. The van der Waals surface area contributed by atoms with E-state index in [1.165, 1.54) is 17.0 Å². The van der Waals surface area contributed by atoms with Crippen LogP contribution in [0.1, 0.15) is 164 Å². The lowest BCUT2D eigenvalue weighted by molar-refractivity contribution is -0.142. The summed E-state index contributed by atoms with van der Waals surface area (Å²) in [4.78, 5) is 86.2. The normalized spacial score (nSPS) is 16.9. The van der Waals surface area contributed by atoms with E-state index in [1.54, 1.807) is 33.6 Å². The lowest BCUT2D eigenvalue weighted by Crippen LogP contribution is -2.56. The van der Waals surface area contributed by atoms with Gasteiger partial charge >= 0.3 is 0 Å². The number of carbonyl (C=O) groups is 5. The third-order valence-corrected chi connectivity index (χ3v) is 20.1. The van der Waals surface area contributed by atoms with Crippen LogP contribution in [0.2, 0.25) is 0 Å². The molecule has 4 heterocycles. The van der Waals surface area contributed by atoms with Crippen molar-refractivity contribution >= 4 is 86.2 Å². The summed E-state index contributed by atoms with van der Waals surface area (Å²) in [6, 6.07) is 19.8. The smallest absolute Gasteiger partial charge is 0.277 e. The number of aromatic nitrogens is 2. The number of aryl methyl sites for hydroxylation is 2. The molecule has 0 unspecified atom stereocenters. The Hall–Kier alpha value is -6.43. The summed E-state index contributed by atoms with van der Waals surface area (Å²) in [6.07, 6.45) is 10.6. The van der Waals surface area contributed by atoms with E-state index in [1.807, 2.05) is 138 Å². The van der Waals surface area contributed by atoms with Crippen LogP contribution in [0.15, 0.2) is 89.9 Å². The number of unbranched alkanes of at least 4 members (excludes halogenated alkanes) is 10. The Bertz CT molecular complexity index is 3550. The third-order valence-electron chi connectivity index (χ3n) is 17.5. The molecular weight excluding hydrogens is 1410 g/mol. The number of nitrogens with one attached hydrogen (secondary N) is 6. The number of likely N-dealkylation sites (tertiary alicyclic amines) is 2. The highest BCUT2D eigenvalue weighted by atomic mass is 127. The van der Waals surface area contributed by atoms with Crippen molar-refractivity contribution in [2.45, 2.75) is 195 Å². The van der Waals surface area contributed by atoms with Crippen molar-refractivity contribution in [2.24, 2.45) is 16.6 Å². The Labute approximate surface area is 597 Å². The second-order valence-corrected chi connectivity index (χ2v) is 30.5. The van der Waals surface area contributed by atoms with Crippen molar-refractivity contribution in [3.63, 3.8) is 0 Å². The van der Waals surface area contributed by atoms with Crippen LogP contribution in [-0.2, 0) is 37.1 Å². The van der Waals surface area contributed by atoms with Gasteiger partial charge in [-0.3, -0.25) is 28.8 Å². The first-order chi connectivity index (χ1) is 46.7. The maximum absolute atomic E-state index is 14.7. The standard InChI is InChI=1S/C45H56F3IN6O5S.C28H43N5O3S/c1-28-40(61-27-52-28)30-15-13-29(14-16-30)25-51-43(58)37-24-32(56)26-55(37)44(59)41(45(2,3)4)50-21-11-9-7-5-6-8-10-12-22-60-54-42(57)33-18-19-34(46)38(48)39(33)53-36-20-17-31(49)23-35(36)47;1-19-24(37-18-32-19)21-11-9-20(10-12-21)16-31-26(35)23-15-22(34)17-33(23)27(36)25(28(2,3)4)30-14-8-6-5-7-13-29/h13-20,23,27,32,37,41,50,53,56H,5-12,21-22,24-26H2,1-4H3,(H,51,58)(H,54,57);9-12,18,22-23,25,30,34H,5-8,13-17,29H2,1-4H3,(H,31,35)/t32-,37+,41-;22-,23+,25-/m11/s1. The Kier molecular flexibility index (Phi) is 30.9. The molecule has 98 heavy (non-hydrogen) atoms. The molecule has 4 aromatic carbocycles. The first-order valence-electron chi connectivity index (χ1n) is 34.1. The van der Waals surface area contributed by atoms with Crippen molar-refractivity contribution in [1.29, 1.82) is 0 Å². The van der Waals surface area contributed by atoms with E-state index in [2.05, 4.69) is 42.0 Å². The number of rotatable bonds is 33. The monoisotopic (exact) mass is 1510 g/mol. The molecule has 2 fully saturated rings. The van der Waals surface area contributed by atoms with Gasteiger partial charge in [-0.1, -0.05) is 141 Å². The SMILES string of the molecule is Cc1ncsc1-c1ccc(CNC(=O)[C@@H]2C[C@@H](O)CN2C(=O)[C@@H](NCCCCCCCCCCONC(=O)c2ccc(F)c(F)c2Nc2ccc(I)cc2F)C(C)(C)C)cc1.Cc1ncsc1-c1ccc(CNC(=O)[C@@H]2C[C@@H](O)CN2C(=O)[C@@H](NCCCCCCN)C(C)(C)C)cc1. The third kappa shape index (κ3) is 23.3. The summed E-state index contributed by atoms with van der Waals surface area (Å²) in [5.74, 6) is -4.78. The Morgan fingerprint density at radius 1 is 0.622 bits per heavy atom. The molecule has 0 aliphatic carbocycles. The molecule has 8 rings (SSSR count). The molecule has 534 valence electrons. The number of anilines is 2. The van der Waals surface area contributed by atoms with Gasteiger partial charge in [0.05, 0.1) is 80.0 Å². The number of β-amino-alcohol motifs (C(OH)–C–C–N with tert-alkyl or cyclic N) is 2. The van der Waals surface area contributed by atoms with E-state index in [-0.39, 0.29) is 72.8 Å². The number of halogens is 4. The topological polar surface area (TPSA) is 266 Å².